The summed E-state index contributed by atoms with van der Waals surface area (Å²) < 4.78 is 12.7. The topological polar surface area (TPSA) is 73.8 Å². The van der Waals surface area contributed by atoms with Crippen molar-refractivity contribution in [2.24, 2.45) is 4.99 Å². The lowest BCUT2D eigenvalue weighted by Crippen LogP contribution is -2.39. The Kier molecular flexibility index (Phi) is 5.25. The van der Waals surface area contributed by atoms with Gasteiger partial charge in [-0.05, 0) is 43.7 Å². The maximum Gasteiger partial charge on any atom is 0.338 e. The van der Waals surface area contributed by atoms with Gasteiger partial charge in [0, 0.05) is 5.02 Å². The average molecular weight is 429 g/mol. The summed E-state index contributed by atoms with van der Waals surface area (Å²) in [5.41, 5.74) is 1.24. The fourth-order valence-corrected chi connectivity index (χ4v) is 4.47. The number of carbonyl (C=O) groups is 1. The van der Waals surface area contributed by atoms with E-state index in [2.05, 4.69) is 4.99 Å². The molecule has 4 rings (SSSR count). The van der Waals surface area contributed by atoms with Crippen molar-refractivity contribution in [2.45, 2.75) is 19.9 Å². The van der Waals surface area contributed by atoms with Gasteiger partial charge in [-0.2, -0.15) is 0 Å². The van der Waals surface area contributed by atoms with E-state index in [0.717, 1.165) is 5.56 Å². The number of carbonyl (C=O) groups excluding carboxylic acids is 1. The Balaban J connectivity index is 1.96. The summed E-state index contributed by atoms with van der Waals surface area (Å²) in [5.74, 6) is -0.0525. The minimum atomic E-state index is -0.742. The Morgan fingerprint density at radius 2 is 2.14 bits per heavy atom. The second-order valence-corrected chi connectivity index (χ2v) is 7.76. The number of benzene rings is 1. The van der Waals surface area contributed by atoms with Gasteiger partial charge in [-0.25, -0.2) is 9.79 Å². The molecule has 0 amide bonds. The van der Waals surface area contributed by atoms with Gasteiger partial charge in [0.1, 0.15) is 11.8 Å². The normalized spacial score (nSPS) is 16.5. The molecule has 0 N–H and O–H groups in total. The molecule has 1 atom stereocenters. The first-order valence-corrected chi connectivity index (χ1v) is 10.2. The number of allylic oxidation sites excluding steroid dienone is 1. The van der Waals surface area contributed by atoms with E-state index in [9.17, 15) is 9.59 Å². The number of aromatic nitrogens is 1. The molecule has 148 valence electrons. The molecular weight excluding hydrogens is 412 g/mol. The SMILES string of the molecule is CCOC(=O)C1=C(C)N=c2sc(=Cc3ccccc3Cl)c(=O)n2C1c1ccco1. The number of halogens is 1. The van der Waals surface area contributed by atoms with E-state index in [-0.39, 0.29) is 12.2 Å². The van der Waals surface area contributed by atoms with Gasteiger partial charge in [-0.15, -0.1) is 0 Å². The van der Waals surface area contributed by atoms with Gasteiger partial charge in [0.15, 0.2) is 4.80 Å². The number of hydrogen-bond acceptors (Lipinski definition) is 6. The molecule has 6 nitrogen and oxygen atoms in total. The number of hydrogen-bond donors (Lipinski definition) is 0. The van der Waals surface area contributed by atoms with Crippen LogP contribution < -0.4 is 14.9 Å². The lowest BCUT2D eigenvalue weighted by atomic mass is 10.0. The third kappa shape index (κ3) is 3.47. The minimum absolute atomic E-state index is 0.220. The average Bonchev–Trinajstić information content (AvgIpc) is 3.32. The fraction of sp³-hybridized carbons (Fsp3) is 0.190. The maximum absolute atomic E-state index is 13.3. The highest BCUT2D eigenvalue weighted by molar-refractivity contribution is 7.07. The van der Waals surface area contributed by atoms with Gasteiger partial charge < -0.3 is 9.15 Å². The number of esters is 1. The van der Waals surface area contributed by atoms with Crippen molar-refractivity contribution in [3.05, 3.63) is 90.0 Å². The van der Waals surface area contributed by atoms with Crippen molar-refractivity contribution in [2.75, 3.05) is 6.61 Å². The molecule has 3 heterocycles. The Labute approximate surface area is 175 Å². The minimum Gasteiger partial charge on any atom is -0.467 e. The molecule has 1 aromatic carbocycles. The second-order valence-electron chi connectivity index (χ2n) is 6.34. The Bertz CT molecular complexity index is 1280. The van der Waals surface area contributed by atoms with Crippen LogP contribution in [0.5, 0.6) is 0 Å². The van der Waals surface area contributed by atoms with Crippen LogP contribution in [0.1, 0.15) is 31.2 Å². The quantitative estimate of drug-likeness (QED) is 0.599. The van der Waals surface area contributed by atoms with Crippen LogP contribution in [-0.4, -0.2) is 17.1 Å². The molecule has 0 radical (unpaired) electrons. The number of nitrogens with zero attached hydrogens (tertiary/aromatic N) is 2. The summed E-state index contributed by atoms with van der Waals surface area (Å²) in [5, 5.41) is 0.546. The highest BCUT2D eigenvalue weighted by Crippen LogP contribution is 2.30. The van der Waals surface area contributed by atoms with Gasteiger partial charge in [-0.1, -0.05) is 41.1 Å². The summed E-state index contributed by atoms with van der Waals surface area (Å²) in [7, 11) is 0. The third-order valence-electron chi connectivity index (χ3n) is 4.52. The van der Waals surface area contributed by atoms with E-state index < -0.39 is 12.0 Å². The molecule has 0 fully saturated rings. The van der Waals surface area contributed by atoms with E-state index in [1.54, 1.807) is 38.1 Å². The second kappa shape index (κ2) is 7.85. The zero-order valence-corrected chi connectivity index (χ0v) is 17.3. The maximum atomic E-state index is 13.3. The number of rotatable bonds is 4. The standard InChI is InChI=1S/C21H17ClN2O4S/c1-3-27-20(26)17-12(2)23-21-24(18(17)15-9-6-10-28-15)19(25)16(29-21)11-13-7-4-5-8-14(13)22/h4-11,18H,3H2,1-2H3. The molecule has 8 heteroatoms. The molecule has 29 heavy (non-hydrogen) atoms. The first-order valence-electron chi connectivity index (χ1n) is 8.99. The Morgan fingerprint density at radius 3 is 2.83 bits per heavy atom. The lowest BCUT2D eigenvalue weighted by Gasteiger charge is -2.22. The highest BCUT2D eigenvalue weighted by Gasteiger charge is 2.34. The monoisotopic (exact) mass is 428 g/mol. The van der Waals surface area contributed by atoms with Crippen molar-refractivity contribution in [1.29, 1.82) is 0 Å². The Hall–Kier alpha value is -2.90. The zero-order valence-electron chi connectivity index (χ0n) is 15.7. The highest BCUT2D eigenvalue weighted by atomic mass is 35.5. The largest absolute Gasteiger partial charge is 0.467 e. The molecule has 0 aliphatic carbocycles. The van der Waals surface area contributed by atoms with Crippen LogP contribution in [0, 0.1) is 0 Å². The van der Waals surface area contributed by atoms with Crippen molar-refractivity contribution >= 4 is 35.0 Å². The first-order chi connectivity index (χ1) is 14.0. The molecule has 1 unspecified atom stereocenters. The van der Waals surface area contributed by atoms with E-state index in [0.29, 0.717) is 31.4 Å². The molecule has 1 aliphatic rings. The number of thiazole rings is 1. The van der Waals surface area contributed by atoms with E-state index >= 15 is 0 Å². The third-order valence-corrected chi connectivity index (χ3v) is 5.85. The number of fused-ring (bicyclic) bond motifs is 1. The predicted molar refractivity (Wildman–Crippen MR) is 111 cm³/mol. The van der Waals surface area contributed by atoms with Crippen LogP contribution in [0.2, 0.25) is 5.02 Å². The van der Waals surface area contributed by atoms with E-state index in [1.807, 2.05) is 18.2 Å². The molecule has 0 saturated carbocycles. The van der Waals surface area contributed by atoms with Crippen LogP contribution in [0.15, 0.2) is 68.1 Å². The summed E-state index contributed by atoms with van der Waals surface area (Å²) >= 11 is 7.48. The van der Waals surface area contributed by atoms with Gasteiger partial charge in [0.05, 0.1) is 28.7 Å². The van der Waals surface area contributed by atoms with Gasteiger partial charge in [-0.3, -0.25) is 9.36 Å². The summed E-state index contributed by atoms with van der Waals surface area (Å²) in [4.78, 5) is 30.9. The van der Waals surface area contributed by atoms with Crippen LogP contribution in [0.25, 0.3) is 6.08 Å². The Morgan fingerprint density at radius 1 is 1.34 bits per heavy atom. The summed E-state index contributed by atoms with van der Waals surface area (Å²) in [6.45, 7) is 3.68. The zero-order chi connectivity index (χ0) is 20.5. The molecule has 3 aromatic rings. The van der Waals surface area contributed by atoms with Crippen LogP contribution >= 0.6 is 22.9 Å². The predicted octanol–water partition coefficient (Wildman–Crippen LogP) is 3.04. The molecular formula is C21H17ClN2O4S. The molecule has 0 spiro atoms. The number of furan rings is 1. The molecule has 2 aromatic heterocycles. The fourth-order valence-electron chi connectivity index (χ4n) is 3.24. The van der Waals surface area contributed by atoms with Gasteiger partial charge in [0.2, 0.25) is 0 Å². The smallest absolute Gasteiger partial charge is 0.338 e. The molecule has 0 saturated heterocycles. The molecule has 1 aliphatic heterocycles. The van der Waals surface area contributed by atoms with Crippen molar-refractivity contribution in [3.8, 4) is 0 Å². The van der Waals surface area contributed by atoms with Crippen molar-refractivity contribution in [1.82, 2.24) is 4.57 Å². The van der Waals surface area contributed by atoms with Crippen LogP contribution in [-0.2, 0) is 9.53 Å². The van der Waals surface area contributed by atoms with E-state index in [1.165, 1.54) is 22.2 Å². The summed E-state index contributed by atoms with van der Waals surface area (Å²) in [6.07, 6.45) is 3.24. The van der Waals surface area contributed by atoms with Crippen molar-refractivity contribution in [3.63, 3.8) is 0 Å². The first kappa shape index (κ1) is 19.4. The number of ether oxygens (including phenoxy) is 1. The van der Waals surface area contributed by atoms with Crippen LogP contribution in [0.4, 0.5) is 0 Å². The lowest BCUT2D eigenvalue weighted by molar-refractivity contribution is -0.139. The van der Waals surface area contributed by atoms with Crippen molar-refractivity contribution < 1.29 is 13.9 Å². The van der Waals surface area contributed by atoms with Crippen LogP contribution in [0.3, 0.4) is 0 Å². The summed E-state index contributed by atoms with van der Waals surface area (Å²) in [6, 6.07) is 9.98. The van der Waals surface area contributed by atoms with Gasteiger partial charge >= 0.3 is 5.97 Å². The molecule has 0 bridgehead atoms. The van der Waals surface area contributed by atoms with E-state index in [4.69, 9.17) is 20.8 Å². The van der Waals surface area contributed by atoms with Gasteiger partial charge in [0.25, 0.3) is 5.56 Å².